The minimum Gasteiger partial charge on any atom is -0.507 e. The first kappa shape index (κ1) is 28.9. The fourth-order valence-electron chi connectivity index (χ4n) is 4.69. The molecule has 0 aliphatic carbocycles. The third-order valence-electron chi connectivity index (χ3n) is 6.71. The molecule has 3 aromatic carbocycles. The quantitative estimate of drug-likeness (QED) is 0.303. The number of nitrogens with two attached hydrogens (primary N) is 1. The van der Waals surface area contributed by atoms with Gasteiger partial charge in [-0.05, 0) is 95.4 Å². The van der Waals surface area contributed by atoms with Gasteiger partial charge in [0.05, 0.1) is 11.7 Å². The predicted octanol–water partition coefficient (Wildman–Crippen LogP) is 4.08. The number of aliphatic hydroxyl groups is 1. The molecule has 39 heavy (non-hydrogen) atoms. The van der Waals surface area contributed by atoms with Crippen LogP contribution in [0.2, 0.25) is 0 Å². The number of phenols is 1. The van der Waals surface area contributed by atoms with Gasteiger partial charge in [-0.25, -0.2) is 8.78 Å². The highest BCUT2D eigenvalue weighted by Crippen LogP contribution is 2.24. The number of benzene rings is 3. The number of aromatic hydroxyl groups is 1. The number of likely N-dealkylation sites (tertiary alicyclic amines) is 1. The molecule has 206 valence electrons. The standard InChI is InChI=1S/C29H30F2IN3O4/c30-21-10-19(11-22(31)15-21)13-25(33)27(37)17-35(16-18-4-3-5-23(32)12-18)28(38)20-6-7-26(36)24(14-20)29(39)34-8-1-2-9-34/h3-7,10-12,14-15,25,27,36-37H,1-2,8-9,13,16-17,33H2/t25-,27+/m0/s1. The summed E-state index contributed by atoms with van der Waals surface area (Å²) in [6, 6.07) is 13.8. The maximum absolute atomic E-state index is 13.7. The third kappa shape index (κ3) is 7.52. The number of halogens is 3. The Balaban J connectivity index is 1.57. The van der Waals surface area contributed by atoms with Crippen LogP contribution in [0.25, 0.3) is 0 Å². The fraction of sp³-hybridized carbons (Fsp3) is 0.310. The topological polar surface area (TPSA) is 107 Å². The second-order valence-corrected chi connectivity index (χ2v) is 11.0. The Morgan fingerprint density at radius 2 is 1.69 bits per heavy atom. The number of hydrogen-bond donors (Lipinski definition) is 3. The lowest BCUT2D eigenvalue weighted by atomic mass is 10.0. The van der Waals surface area contributed by atoms with Crippen LogP contribution in [0.5, 0.6) is 5.75 Å². The molecule has 4 rings (SSSR count). The molecular weight excluding hydrogens is 619 g/mol. The predicted molar refractivity (Wildman–Crippen MR) is 151 cm³/mol. The minimum absolute atomic E-state index is 0.00515. The summed E-state index contributed by atoms with van der Waals surface area (Å²) in [5, 5.41) is 21.3. The molecule has 1 saturated heterocycles. The van der Waals surface area contributed by atoms with Crippen LogP contribution in [0.3, 0.4) is 0 Å². The third-order valence-corrected chi connectivity index (χ3v) is 7.38. The van der Waals surface area contributed by atoms with Crippen molar-refractivity contribution < 1.29 is 28.6 Å². The Bertz CT molecular complexity index is 1330. The van der Waals surface area contributed by atoms with Gasteiger partial charge in [-0.3, -0.25) is 9.59 Å². The van der Waals surface area contributed by atoms with Gasteiger partial charge in [-0.15, -0.1) is 0 Å². The number of hydrogen-bond acceptors (Lipinski definition) is 5. The van der Waals surface area contributed by atoms with E-state index in [1.807, 2.05) is 24.3 Å². The SMILES string of the molecule is N[C@@H](Cc1cc(F)cc(F)c1)[C@H](O)CN(Cc1cccc(I)c1)C(=O)c1ccc(O)c(C(=O)N2CCCC2)c1. The van der Waals surface area contributed by atoms with Crippen molar-refractivity contribution in [3.8, 4) is 5.75 Å². The number of aliphatic hydroxyl groups excluding tert-OH is 1. The molecule has 0 radical (unpaired) electrons. The van der Waals surface area contributed by atoms with Crippen molar-refractivity contribution in [1.82, 2.24) is 9.80 Å². The molecule has 0 spiro atoms. The number of carbonyl (C=O) groups excluding carboxylic acids is 2. The summed E-state index contributed by atoms with van der Waals surface area (Å²) >= 11 is 2.16. The molecule has 0 saturated carbocycles. The first-order chi connectivity index (χ1) is 18.6. The average Bonchev–Trinajstić information content (AvgIpc) is 3.42. The van der Waals surface area contributed by atoms with E-state index in [-0.39, 0.29) is 47.9 Å². The summed E-state index contributed by atoms with van der Waals surface area (Å²) in [6.07, 6.45) is 0.546. The van der Waals surface area contributed by atoms with Gasteiger partial charge in [0.25, 0.3) is 11.8 Å². The number of phenolic OH excluding ortho intramolecular Hbond substituents is 1. The lowest BCUT2D eigenvalue weighted by Gasteiger charge is -2.29. The normalized spacial score (nSPS) is 14.7. The van der Waals surface area contributed by atoms with Crippen molar-refractivity contribution in [2.75, 3.05) is 19.6 Å². The van der Waals surface area contributed by atoms with E-state index in [1.165, 1.54) is 23.1 Å². The summed E-state index contributed by atoms with van der Waals surface area (Å²) < 4.78 is 28.2. The Labute approximate surface area is 239 Å². The zero-order chi connectivity index (χ0) is 28.1. The molecule has 0 bridgehead atoms. The molecular formula is C29H30F2IN3O4. The lowest BCUT2D eigenvalue weighted by molar-refractivity contribution is 0.0554. The molecule has 1 aliphatic heterocycles. The van der Waals surface area contributed by atoms with Gasteiger partial charge in [-0.1, -0.05) is 12.1 Å². The first-order valence-corrected chi connectivity index (χ1v) is 13.7. The zero-order valence-corrected chi connectivity index (χ0v) is 23.4. The first-order valence-electron chi connectivity index (χ1n) is 12.7. The zero-order valence-electron chi connectivity index (χ0n) is 21.2. The van der Waals surface area contributed by atoms with Crippen molar-refractivity contribution in [1.29, 1.82) is 0 Å². The van der Waals surface area contributed by atoms with Gasteiger partial charge in [0.2, 0.25) is 0 Å². The van der Waals surface area contributed by atoms with Crippen molar-refractivity contribution in [2.45, 2.75) is 38.0 Å². The van der Waals surface area contributed by atoms with Gasteiger partial charge in [0.1, 0.15) is 17.4 Å². The van der Waals surface area contributed by atoms with Crippen molar-refractivity contribution in [2.24, 2.45) is 5.73 Å². The van der Waals surface area contributed by atoms with E-state index in [4.69, 9.17) is 5.73 Å². The van der Waals surface area contributed by atoms with E-state index in [0.29, 0.717) is 13.1 Å². The van der Waals surface area contributed by atoms with Crippen LogP contribution in [0.1, 0.15) is 44.7 Å². The Morgan fingerprint density at radius 1 is 1.00 bits per heavy atom. The van der Waals surface area contributed by atoms with E-state index in [0.717, 1.165) is 40.2 Å². The van der Waals surface area contributed by atoms with E-state index in [2.05, 4.69) is 22.6 Å². The second kappa shape index (κ2) is 12.8. The largest absolute Gasteiger partial charge is 0.507 e. The van der Waals surface area contributed by atoms with Gasteiger partial charge >= 0.3 is 0 Å². The lowest BCUT2D eigenvalue weighted by Crippen LogP contribution is -2.46. The molecule has 1 fully saturated rings. The fourth-order valence-corrected chi connectivity index (χ4v) is 5.29. The van der Waals surface area contributed by atoms with Crippen LogP contribution in [0.15, 0.2) is 60.7 Å². The maximum Gasteiger partial charge on any atom is 0.257 e. The smallest absolute Gasteiger partial charge is 0.257 e. The van der Waals surface area contributed by atoms with Crippen LogP contribution in [0.4, 0.5) is 8.78 Å². The molecule has 1 heterocycles. The highest BCUT2D eigenvalue weighted by atomic mass is 127. The number of carbonyl (C=O) groups is 2. The van der Waals surface area contributed by atoms with Crippen LogP contribution < -0.4 is 5.73 Å². The van der Waals surface area contributed by atoms with Gasteiger partial charge in [-0.2, -0.15) is 0 Å². The molecule has 4 N–H and O–H groups in total. The van der Waals surface area contributed by atoms with Crippen molar-refractivity contribution in [3.63, 3.8) is 0 Å². The highest BCUT2D eigenvalue weighted by molar-refractivity contribution is 14.1. The number of amides is 2. The van der Waals surface area contributed by atoms with Crippen LogP contribution in [-0.4, -0.2) is 63.6 Å². The molecule has 3 aromatic rings. The summed E-state index contributed by atoms with van der Waals surface area (Å²) in [5.41, 5.74) is 7.51. The van der Waals surface area contributed by atoms with E-state index in [9.17, 15) is 28.6 Å². The molecule has 1 aliphatic rings. The van der Waals surface area contributed by atoms with Gasteiger partial charge < -0.3 is 25.7 Å². The van der Waals surface area contributed by atoms with Crippen LogP contribution in [-0.2, 0) is 13.0 Å². The van der Waals surface area contributed by atoms with Crippen molar-refractivity contribution in [3.05, 3.63) is 98.1 Å². The van der Waals surface area contributed by atoms with Crippen molar-refractivity contribution >= 4 is 34.4 Å². The Kier molecular flexibility index (Phi) is 9.52. The van der Waals surface area contributed by atoms with Gasteiger partial charge in [0.15, 0.2) is 0 Å². The van der Waals surface area contributed by atoms with E-state index >= 15 is 0 Å². The molecule has 10 heteroatoms. The summed E-state index contributed by atoms with van der Waals surface area (Å²) in [5.74, 6) is -2.50. The molecule has 0 aromatic heterocycles. The van der Waals surface area contributed by atoms with E-state index in [1.54, 1.807) is 4.90 Å². The summed E-state index contributed by atoms with van der Waals surface area (Å²) in [6.45, 7) is 1.16. The average molecular weight is 649 g/mol. The second-order valence-electron chi connectivity index (χ2n) is 9.76. The summed E-state index contributed by atoms with van der Waals surface area (Å²) in [4.78, 5) is 29.7. The monoisotopic (exact) mass is 649 g/mol. The van der Waals surface area contributed by atoms with Gasteiger partial charge in [0, 0.05) is 47.4 Å². The number of nitrogens with zero attached hydrogens (tertiary/aromatic N) is 2. The molecule has 2 amide bonds. The minimum atomic E-state index is -1.22. The van der Waals surface area contributed by atoms with E-state index < -0.39 is 29.7 Å². The van der Waals surface area contributed by atoms with Crippen LogP contribution in [0, 0.1) is 15.2 Å². The maximum atomic E-state index is 13.7. The number of rotatable bonds is 9. The molecule has 0 unspecified atom stereocenters. The molecule has 7 nitrogen and oxygen atoms in total. The summed E-state index contributed by atoms with van der Waals surface area (Å²) in [7, 11) is 0. The highest BCUT2D eigenvalue weighted by Gasteiger charge is 2.27. The Hall–Kier alpha value is -3.09. The van der Waals surface area contributed by atoms with Crippen LogP contribution >= 0.6 is 22.6 Å². The Morgan fingerprint density at radius 3 is 2.36 bits per heavy atom. The molecule has 2 atom stereocenters.